The van der Waals surface area contributed by atoms with Crippen molar-refractivity contribution in [2.75, 3.05) is 40.3 Å². The summed E-state index contributed by atoms with van der Waals surface area (Å²) in [4.78, 5) is 15.7. The maximum atomic E-state index is 10.8. The lowest BCUT2D eigenvalue weighted by atomic mass is 9.95. The van der Waals surface area contributed by atoms with Gasteiger partial charge >= 0.3 is 0 Å². The predicted octanol–water partition coefficient (Wildman–Crippen LogP) is 2.02. The standard InChI is InChI=1S/C14H28N2O/c1-13(17)6-4-9-15(2)11-8-14-7-5-10-16(3)12-14/h14H,4-12H2,1-3H3. The average Bonchev–Trinajstić information content (AvgIpc) is 2.26. The molecule has 17 heavy (non-hydrogen) atoms. The van der Waals surface area contributed by atoms with Crippen molar-refractivity contribution in [1.82, 2.24) is 9.80 Å². The Hall–Kier alpha value is -0.410. The molecule has 0 saturated carbocycles. The molecular formula is C14H28N2O. The highest BCUT2D eigenvalue weighted by Crippen LogP contribution is 2.18. The number of carbonyl (C=O) groups excluding carboxylic acids is 1. The maximum Gasteiger partial charge on any atom is 0.129 e. The molecular weight excluding hydrogens is 212 g/mol. The van der Waals surface area contributed by atoms with Crippen molar-refractivity contribution in [2.24, 2.45) is 5.92 Å². The molecule has 1 heterocycles. The number of carbonyl (C=O) groups is 1. The van der Waals surface area contributed by atoms with E-state index in [1.165, 1.54) is 38.9 Å². The average molecular weight is 240 g/mol. The highest BCUT2D eigenvalue weighted by Gasteiger charge is 2.17. The Morgan fingerprint density at radius 2 is 2.18 bits per heavy atom. The van der Waals surface area contributed by atoms with E-state index in [0.29, 0.717) is 5.78 Å². The minimum atomic E-state index is 0.312. The summed E-state index contributed by atoms with van der Waals surface area (Å²) in [6.45, 7) is 6.45. The van der Waals surface area contributed by atoms with Gasteiger partial charge in [-0.05, 0) is 72.3 Å². The van der Waals surface area contributed by atoms with Crippen molar-refractivity contribution in [3.63, 3.8) is 0 Å². The lowest BCUT2D eigenvalue weighted by molar-refractivity contribution is -0.117. The monoisotopic (exact) mass is 240 g/mol. The van der Waals surface area contributed by atoms with E-state index >= 15 is 0 Å². The molecule has 1 fully saturated rings. The van der Waals surface area contributed by atoms with Crippen molar-refractivity contribution >= 4 is 5.78 Å². The van der Waals surface area contributed by atoms with Crippen molar-refractivity contribution in [2.45, 2.75) is 39.0 Å². The summed E-state index contributed by atoms with van der Waals surface area (Å²) < 4.78 is 0. The van der Waals surface area contributed by atoms with Crippen molar-refractivity contribution in [1.29, 1.82) is 0 Å². The lowest BCUT2D eigenvalue weighted by Crippen LogP contribution is -2.34. The minimum absolute atomic E-state index is 0.312. The van der Waals surface area contributed by atoms with Crippen LogP contribution >= 0.6 is 0 Å². The third kappa shape index (κ3) is 6.79. The summed E-state index contributed by atoms with van der Waals surface area (Å²) >= 11 is 0. The first kappa shape index (κ1) is 14.7. The summed E-state index contributed by atoms with van der Waals surface area (Å²) in [6.07, 6.45) is 5.80. The number of Topliss-reactive ketones (excluding diaryl/α,β-unsaturated/α-hetero) is 1. The number of ketones is 1. The molecule has 0 aliphatic carbocycles. The molecule has 1 unspecified atom stereocenters. The highest BCUT2D eigenvalue weighted by molar-refractivity contribution is 5.75. The zero-order valence-electron chi connectivity index (χ0n) is 11.7. The van der Waals surface area contributed by atoms with E-state index in [4.69, 9.17) is 0 Å². The smallest absolute Gasteiger partial charge is 0.129 e. The molecule has 0 aromatic heterocycles. The van der Waals surface area contributed by atoms with Crippen LogP contribution in [0.2, 0.25) is 0 Å². The van der Waals surface area contributed by atoms with Crippen molar-refractivity contribution in [3.8, 4) is 0 Å². The summed E-state index contributed by atoms with van der Waals surface area (Å²) in [5.41, 5.74) is 0. The number of rotatable bonds is 7. The van der Waals surface area contributed by atoms with Crippen LogP contribution in [0, 0.1) is 5.92 Å². The zero-order chi connectivity index (χ0) is 12.7. The van der Waals surface area contributed by atoms with Gasteiger partial charge in [-0.25, -0.2) is 0 Å². The first-order chi connectivity index (χ1) is 8.08. The predicted molar refractivity (Wildman–Crippen MR) is 72.3 cm³/mol. The fourth-order valence-corrected chi connectivity index (χ4v) is 2.62. The molecule has 1 aliphatic heterocycles. The minimum Gasteiger partial charge on any atom is -0.306 e. The Labute approximate surface area is 106 Å². The molecule has 0 bridgehead atoms. The van der Waals surface area contributed by atoms with Crippen LogP contribution in [0.25, 0.3) is 0 Å². The van der Waals surface area contributed by atoms with Crippen LogP contribution in [0.5, 0.6) is 0 Å². The van der Waals surface area contributed by atoms with Gasteiger partial charge in [-0.15, -0.1) is 0 Å². The van der Waals surface area contributed by atoms with E-state index in [2.05, 4.69) is 23.9 Å². The molecule has 1 atom stereocenters. The van der Waals surface area contributed by atoms with Gasteiger partial charge in [0.2, 0.25) is 0 Å². The van der Waals surface area contributed by atoms with E-state index in [9.17, 15) is 4.79 Å². The maximum absolute atomic E-state index is 10.8. The lowest BCUT2D eigenvalue weighted by Gasteiger charge is -2.30. The van der Waals surface area contributed by atoms with Crippen LogP contribution in [0.3, 0.4) is 0 Å². The van der Waals surface area contributed by atoms with E-state index in [0.717, 1.165) is 25.3 Å². The molecule has 0 N–H and O–H groups in total. The summed E-state index contributed by atoms with van der Waals surface area (Å²) in [6, 6.07) is 0. The number of piperidine rings is 1. The second kappa shape index (κ2) is 7.83. The Balaban J connectivity index is 2.06. The highest BCUT2D eigenvalue weighted by atomic mass is 16.1. The van der Waals surface area contributed by atoms with Gasteiger partial charge in [0.05, 0.1) is 0 Å². The van der Waals surface area contributed by atoms with Crippen LogP contribution in [-0.4, -0.2) is 55.9 Å². The van der Waals surface area contributed by atoms with Crippen LogP contribution < -0.4 is 0 Å². The summed E-state index contributed by atoms with van der Waals surface area (Å²) in [5.74, 6) is 1.19. The van der Waals surface area contributed by atoms with Gasteiger partial charge in [0.25, 0.3) is 0 Å². The first-order valence-corrected chi connectivity index (χ1v) is 6.94. The largest absolute Gasteiger partial charge is 0.306 e. The van der Waals surface area contributed by atoms with E-state index < -0.39 is 0 Å². The SMILES string of the molecule is CC(=O)CCCN(C)CCC1CCCN(C)C1. The van der Waals surface area contributed by atoms with Crippen LogP contribution in [-0.2, 0) is 4.79 Å². The molecule has 0 spiro atoms. The van der Waals surface area contributed by atoms with Gasteiger partial charge in [0.1, 0.15) is 5.78 Å². The number of nitrogens with zero attached hydrogens (tertiary/aromatic N) is 2. The molecule has 3 heteroatoms. The fourth-order valence-electron chi connectivity index (χ4n) is 2.62. The van der Waals surface area contributed by atoms with Gasteiger partial charge in [-0.2, -0.15) is 0 Å². The molecule has 0 radical (unpaired) electrons. The van der Waals surface area contributed by atoms with Gasteiger partial charge in [0, 0.05) is 13.0 Å². The van der Waals surface area contributed by atoms with Crippen LogP contribution in [0.15, 0.2) is 0 Å². The van der Waals surface area contributed by atoms with Gasteiger partial charge < -0.3 is 14.6 Å². The molecule has 1 rings (SSSR count). The third-order valence-corrected chi connectivity index (χ3v) is 3.71. The Bertz CT molecular complexity index is 230. The molecule has 0 amide bonds. The normalized spacial score (nSPS) is 22.0. The van der Waals surface area contributed by atoms with E-state index in [1.54, 1.807) is 6.92 Å². The second-order valence-electron chi connectivity index (χ2n) is 5.67. The summed E-state index contributed by atoms with van der Waals surface area (Å²) in [7, 11) is 4.40. The molecule has 100 valence electrons. The zero-order valence-corrected chi connectivity index (χ0v) is 11.7. The third-order valence-electron chi connectivity index (χ3n) is 3.71. The van der Waals surface area contributed by atoms with E-state index in [-0.39, 0.29) is 0 Å². The molecule has 1 aliphatic rings. The van der Waals surface area contributed by atoms with Gasteiger partial charge in [0.15, 0.2) is 0 Å². The Morgan fingerprint density at radius 1 is 1.41 bits per heavy atom. The van der Waals surface area contributed by atoms with E-state index in [1.807, 2.05) is 0 Å². The quantitative estimate of drug-likeness (QED) is 0.680. The fraction of sp³-hybridized carbons (Fsp3) is 0.929. The van der Waals surface area contributed by atoms with Crippen LogP contribution in [0.4, 0.5) is 0 Å². The number of likely N-dealkylation sites (tertiary alicyclic amines) is 1. The Morgan fingerprint density at radius 3 is 2.82 bits per heavy atom. The van der Waals surface area contributed by atoms with Crippen molar-refractivity contribution < 1.29 is 4.79 Å². The number of hydrogen-bond donors (Lipinski definition) is 0. The molecule has 3 nitrogen and oxygen atoms in total. The van der Waals surface area contributed by atoms with Gasteiger partial charge in [-0.3, -0.25) is 0 Å². The Kier molecular flexibility index (Phi) is 6.75. The van der Waals surface area contributed by atoms with Gasteiger partial charge in [-0.1, -0.05) is 0 Å². The van der Waals surface area contributed by atoms with Crippen LogP contribution in [0.1, 0.15) is 39.0 Å². The molecule has 1 saturated heterocycles. The number of hydrogen-bond acceptors (Lipinski definition) is 3. The summed E-state index contributed by atoms with van der Waals surface area (Å²) in [5, 5.41) is 0. The topological polar surface area (TPSA) is 23.6 Å². The molecule has 0 aromatic carbocycles. The first-order valence-electron chi connectivity index (χ1n) is 6.94. The second-order valence-corrected chi connectivity index (χ2v) is 5.67. The van der Waals surface area contributed by atoms with Crippen molar-refractivity contribution in [3.05, 3.63) is 0 Å². The molecule has 0 aromatic rings.